The summed E-state index contributed by atoms with van der Waals surface area (Å²) in [4.78, 5) is 29.9. The molecular weight excluding hydrogens is 459 g/mol. The Labute approximate surface area is 191 Å². The third-order valence-corrected chi connectivity index (χ3v) is 4.81. The number of nitrogens with zero attached hydrogens (tertiary/aromatic N) is 4. The van der Waals surface area contributed by atoms with E-state index in [0.29, 0.717) is 16.4 Å². The monoisotopic (exact) mass is 473 g/mol. The number of anilines is 1. The minimum Gasteiger partial charge on any atom is -0.333 e. The molecule has 11 heteroatoms. The molecule has 1 aromatic heterocycles. The summed E-state index contributed by atoms with van der Waals surface area (Å²) in [7, 11) is 0. The molecule has 0 spiro atoms. The second-order valence-electron chi connectivity index (χ2n) is 6.82. The standard InChI is InChI=1S/C22H15ClF3N5O2/c23-14-4-3-5-15(11-14)31(33-21(27)32)19-12-29-20(18-6-1-2-9-28-18)16-10-13(22(24,25)26)7-8-17(16)30-19/h1-11H,12H2,(H2,27,32). The van der Waals surface area contributed by atoms with Gasteiger partial charge in [-0.3, -0.25) is 9.98 Å². The lowest BCUT2D eigenvalue weighted by Crippen LogP contribution is -2.37. The van der Waals surface area contributed by atoms with Crippen LogP contribution < -0.4 is 10.8 Å². The van der Waals surface area contributed by atoms with Crippen LogP contribution in [0.25, 0.3) is 0 Å². The average molecular weight is 474 g/mol. The first kappa shape index (κ1) is 22.3. The van der Waals surface area contributed by atoms with Gasteiger partial charge in [0.05, 0.1) is 28.3 Å². The summed E-state index contributed by atoms with van der Waals surface area (Å²) in [5.41, 5.74) is 5.58. The Morgan fingerprint density at radius 1 is 1.09 bits per heavy atom. The molecule has 0 radical (unpaired) electrons. The fraction of sp³-hybridized carbons (Fsp3) is 0.0909. The smallest absolute Gasteiger partial charge is 0.333 e. The normalized spacial score (nSPS) is 13.3. The van der Waals surface area contributed by atoms with E-state index in [1.54, 1.807) is 36.4 Å². The summed E-state index contributed by atoms with van der Waals surface area (Å²) in [5, 5.41) is 1.40. The van der Waals surface area contributed by atoms with E-state index in [9.17, 15) is 18.0 Å². The number of hydrogen-bond donors (Lipinski definition) is 1. The molecule has 1 amide bonds. The number of rotatable bonds is 2. The summed E-state index contributed by atoms with van der Waals surface area (Å²) in [6.07, 6.45) is -4.18. The van der Waals surface area contributed by atoms with E-state index < -0.39 is 17.8 Å². The maximum Gasteiger partial charge on any atom is 0.429 e. The van der Waals surface area contributed by atoms with Crippen LogP contribution in [0.1, 0.15) is 16.8 Å². The van der Waals surface area contributed by atoms with Crippen LogP contribution in [0.5, 0.6) is 0 Å². The van der Waals surface area contributed by atoms with Crippen LogP contribution in [-0.2, 0) is 11.0 Å². The number of hydrogen-bond acceptors (Lipinski definition) is 6. The molecule has 0 saturated carbocycles. The van der Waals surface area contributed by atoms with Gasteiger partial charge in [0, 0.05) is 16.8 Å². The molecule has 2 N–H and O–H groups in total. The molecular formula is C22H15ClF3N5O2. The Morgan fingerprint density at radius 2 is 1.91 bits per heavy atom. The van der Waals surface area contributed by atoms with E-state index in [4.69, 9.17) is 22.2 Å². The minimum absolute atomic E-state index is 0.100. The fourth-order valence-electron chi connectivity index (χ4n) is 3.19. The number of fused-ring (bicyclic) bond motifs is 1. The molecule has 4 rings (SSSR count). The number of aliphatic imine (C=N–C) groups is 2. The van der Waals surface area contributed by atoms with Gasteiger partial charge in [0.2, 0.25) is 0 Å². The Morgan fingerprint density at radius 3 is 2.58 bits per heavy atom. The molecule has 2 aromatic carbocycles. The minimum atomic E-state index is -4.56. The lowest BCUT2D eigenvalue weighted by Gasteiger charge is -2.22. The number of carbonyl (C=O) groups excluding carboxylic acids is 1. The summed E-state index contributed by atoms with van der Waals surface area (Å²) in [5.74, 6) is 0.100. The van der Waals surface area contributed by atoms with Crippen molar-refractivity contribution < 1.29 is 22.8 Å². The van der Waals surface area contributed by atoms with E-state index >= 15 is 0 Å². The number of benzene rings is 2. The largest absolute Gasteiger partial charge is 0.429 e. The molecule has 0 unspecified atom stereocenters. The van der Waals surface area contributed by atoms with Crippen molar-refractivity contribution in [1.29, 1.82) is 0 Å². The number of amides is 1. The number of halogens is 4. The van der Waals surface area contributed by atoms with E-state index in [1.165, 1.54) is 18.3 Å². The van der Waals surface area contributed by atoms with Gasteiger partial charge < -0.3 is 10.6 Å². The summed E-state index contributed by atoms with van der Waals surface area (Å²) in [6, 6.07) is 14.5. The number of alkyl halides is 3. The van der Waals surface area contributed by atoms with Crippen LogP contribution in [0.15, 0.2) is 76.8 Å². The van der Waals surface area contributed by atoms with Crippen molar-refractivity contribution in [2.75, 3.05) is 11.6 Å². The van der Waals surface area contributed by atoms with E-state index in [1.807, 2.05) is 0 Å². The third kappa shape index (κ3) is 4.96. The molecule has 1 aliphatic rings. The third-order valence-electron chi connectivity index (χ3n) is 4.57. The maximum absolute atomic E-state index is 13.4. The Bertz CT molecular complexity index is 1260. The van der Waals surface area contributed by atoms with Crippen molar-refractivity contribution in [3.8, 4) is 0 Å². The van der Waals surface area contributed by atoms with Crippen molar-refractivity contribution in [2.24, 2.45) is 15.7 Å². The van der Waals surface area contributed by atoms with Gasteiger partial charge in [-0.15, -0.1) is 0 Å². The van der Waals surface area contributed by atoms with Crippen molar-refractivity contribution >= 4 is 40.6 Å². The second-order valence-corrected chi connectivity index (χ2v) is 7.26. The number of hydroxylamine groups is 1. The number of nitrogens with two attached hydrogens (primary N) is 1. The van der Waals surface area contributed by atoms with Crippen LogP contribution in [0.2, 0.25) is 5.02 Å². The molecule has 0 fully saturated rings. The quantitative estimate of drug-likeness (QED) is 0.521. The van der Waals surface area contributed by atoms with Crippen LogP contribution in [0.4, 0.5) is 29.3 Å². The molecule has 168 valence electrons. The summed E-state index contributed by atoms with van der Waals surface area (Å²) < 4.78 is 40.2. The number of carbonyl (C=O) groups is 1. The highest BCUT2D eigenvalue weighted by Crippen LogP contribution is 2.35. The highest BCUT2D eigenvalue weighted by Gasteiger charge is 2.32. The van der Waals surface area contributed by atoms with Crippen molar-refractivity contribution in [2.45, 2.75) is 6.18 Å². The van der Waals surface area contributed by atoms with E-state index in [2.05, 4.69) is 15.0 Å². The zero-order valence-electron chi connectivity index (χ0n) is 16.8. The number of primary amides is 1. The molecule has 1 aliphatic heterocycles. The zero-order valence-corrected chi connectivity index (χ0v) is 17.5. The first-order chi connectivity index (χ1) is 15.7. The summed E-state index contributed by atoms with van der Waals surface area (Å²) in [6.45, 7) is -0.151. The van der Waals surface area contributed by atoms with Gasteiger partial charge in [-0.05, 0) is 48.5 Å². The molecule has 2 heterocycles. The Kier molecular flexibility index (Phi) is 6.01. The predicted molar refractivity (Wildman–Crippen MR) is 118 cm³/mol. The number of amidine groups is 1. The van der Waals surface area contributed by atoms with Crippen LogP contribution >= 0.6 is 11.6 Å². The molecule has 7 nitrogen and oxygen atoms in total. The lowest BCUT2D eigenvalue weighted by molar-refractivity contribution is -0.137. The highest BCUT2D eigenvalue weighted by atomic mass is 35.5. The van der Waals surface area contributed by atoms with Crippen molar-refractivity contribution in [1.82, 2.24) is 4.98 Å². The van der Waals surface area contributed by atoms with Crippen LogP contribution in [0, 0.1) is 0 Å². The van der Waals surface area contributed by atoms with Gasteiger partial charge in [0.25, 0.3) is 0 Å². The second kappa shape index (κ2) is 8.91. The van der Waals surface area contributed by atoms with Crippen molar-refractivity contribution in [3.05, 3.63) is 88.7 Å². The molecule has 0 atom stereocenters. The van der Waals surface area contributed by atoms with Crippen LogP contribution in [-0.4, -0.2) is 29.2 Å². The highest BCUT2D eigenvalue weighted by molar-refractivity contribution is 6.31. The lowest BCUT2D eigenvalue weighted by atomic mass is 10.0. The van der Waals surface area contributed by atoms with Gasteiger partial charge in [-0.2, -0.15) is 18.2 Å². The number of pyridine rings is 1. The molecule has 33 heavy (non-hydrogen) atoms. The maximum atomic E-state index is 13.4. The molecule has 0 bridgehead atoms. The molecule has 0 saturated heterocycles. The van der Waals surface area contributed by atoms with Crippen molar-refractivity contribution in [3.63, 3.8) is 0 Å². The van der Waals surface area contributed by atoms with E-state index in [0.717, 1.165) is 17.2 Å². The topological polar surface area (TPSA) is 93.2 Å². The van der Waals surface area contributed by atoms with Gasteiger partial charge in [0.15, 0.2) is 5.84 Å². The summed E-state index contributed by atoms with van der Waals surface area (Å²) >= 11 is 6.06. The first-order valence-electron chi connectivity index (χ1n) is 9.50. The van der Waals surface area contributed by atoms with Crippen LogP contribution in [0.3, 0.4) is 0 Å². The van der Waals surface area contributed by atoms with Gasteiger partial charge >= 0.3 is 12.3 Å². The van der Waals surface area contributed by atoms with Gasteiger partial charge in [-0.1, -0.05) is 23.7 Å². The first-order valence-corrected chi connectivity index (χ1v) is 9.88. The SMILES string of the molecule is NC(=O)ON(C1=Nc2ccc(C(F)(F)F)cc2C(c2ccccn2)=NC1)c1cccc(Cl)c1. The number of aromatic nitrogens is 1. The fourth-order valence-corrected chi connectivity index (χ4v) is 3.37. The van der Waals surface area contributed by atoms with E-state index in [-0.39, 0.29) is 29.3 Å². The molecule has 3 aromatic rings. The average Bonchev–Trinajstić information content (AvgIpc) is 2.96. The molecule has 0 aliphatic carbocycles. The predicted octanol–water partition coefficient (Wildman–Crippen LogP) is 5.15. The Balaban J connectivity index is 1.89. The van der Waals surface area contributed by atoms with Gasteiger partial charge in [0.1, 0.15) is 6.54 Å². The van der Waals surface area contributed by atoms with Gasteiger partial charge in [-0.25, -0.2) is 9.79 Å². The zero-order chi connectivity index (χ0) is 23.6. The Hall–Kier alpha value is -3.92.